The number of rotatable bonds is 7. The van der Waals surface area contributed by atoms with E-state index in [1.54, 1.807) is 0 Å². The molecule has 0 spiro atoms. The number of aromatic hydroxyl groups is 1. The summed E-state index contributed by atoms with van der Waals surface area (Å²) in [5.74, 6) is 1.09. The molecule has 2 heterocycles. The summed E-state index contributed by atoms with van der Waals surface area (Å²) in [5.41, 5.74) is 1.29. The number of ether oxygens (including phenoxy) is 1. The van der Waals surface area contributed by atoms with E-state index in [9.17, 15) is 9.90 Å². The summed E-state index contributed by atoms with van der Waals surface area (Å²) in [4.78, 5) is 13.7. The first-order chi connectivity index (χ1) is 11.6. The van der Waals surface area contributed by atoms with Gasteiger partial charge in [-0.25, -0.2) is 0 Å². The van der Waals surface area contributed by atoms with Gasteiger partial charge in [0.2, 0.25) is 5.88 Å². The van der Waals surface area contributed by atoms with E-state index in [0.29, 0.717) is 6.54 Å². The number of aromatic nitrogens is 1. The van der Waals surface area contributed by atoms with Gasteiger partial charge in [-0.3, -0.25) is 14.3 Å². The van der Waals surface area contributed by atoms with E-state index in [4.69, 9.17) is 4.74 Å². The van der Waals surface area contributed by atoms with Crippen LogP contribution < -0.4 is 9.61 Å². The van der Waals surface area contributed by atoms with Gasteiger partial charge < -0.3 is 9.84 Å². The monoisotopic (exact) mass is 348 g/mol. The van der Waals surface area contributed by atoms with Gasteiger partial charge in [0, 0.05) is 19.5 Å². The summed E-state index contributed by atoms with van der Waals surface area (Å²) in [6.45, 7) is 1.56. The standard InChI is InChI=1S/C18H24N2O3S/c1-19(17-10-9-14-7-3-4-8-15(14)23-17)11-5-2-6-12-20-16(21)13-24-18(20)22/h3-4,7-8,13,17,21H,2,5-6,9-12H2,1H3. The van der Waals surface area contributed by atoms with Gasteiger partial charge in [0.1, 0.15) is 5.75 Å². The van der Waals surface area contributed by atoms with E-state index in [2.05, 4.69) is 24.1 Å². The quantitative estimate of drug-likeness (QED) is 0.782. The van der Waals surface area contributed by atoms with E-state index in [0.717, 1.165) is 55.7 Å². The highest BCUT2D eigenvalue weighted by atomic mass is 32.1. The average Bonchev–Trinajstić information content (AvgIpc) is 2.92. The third-order valence-corrected chi connectivity index (χ3v) is 5.29. The van der Waals surface area contributed by atoms with Crippen LogP contribution in [-0.4, -0.2) is 34.4 Å². The molecule has 1 aromatic carbocycles. The van der Waals surface area contributed by atoms with Crippen molar-refractivity contribution in [3.63, 3.8) is 0 Å². The topological polar surface area (TPSA) is 54.7 Å². The maximum absolute atomic E-state index is 11.5. The highest BCUT2D eigenvalue weighted by Gasteiger charge is 2.22. The predicted octanol–water partition coefficient (Wildman–Crippen LogP) is 3.07. The first-order valence-corrected chi connectivity index (χ1v) is 9.35. The zero-order chi connectivity index (χ0) is 16.9. The Morgan fingerprint density at radius 3 is 2.96 bits per heavy atom. The van der Waals surface area contributed by atoms with E-state index in [-0.39, 0.29) is 17.0 Å². The molecule has 0 fully saturated rings. The molecule has 1 unspecified atom stereocenters. The van der Waals surface area contributed by atoms with Crippen molar-refractivity contribution in [2.75, 3.05) is 13.6 Å². The van der Waals surface area contributed by atoms with Gasteiger partial charge in [-0.05, 0) is 37.9 Å². The average molecular weight is 348 g/mol. The molecule has 2 aromatic rings. The lowest BCUT2D eigenvalue weighted by molar-refractivity contribution is 0.0269. The largest absolute Gasteiger partial charge is 0.494 e. The maximum atomic E-state index is 11.5. The number of para-hydroxylation sites is 1. The second-order valence-electron chi connectivity index (χ2n) is 6.27. The summed E-state index contributed by atoms with van der Waals surface area (Å²) < 4.78 is 7.53. The first-order valence-electron chi connectivity index (χ1n) is 8.47. The van der Waals surface area contributed by atoms with Gasteiger partial charge in [0.25, 0.3) is 0 Å². The van der Waals surface area contributed by atoms with Crippen molar-refractivity contribution in [1.29, 1.82) is 0 Å². The van der Waals surface area contributed by atoms with Crippen LogP contribution in [-0.2, 0) is 13.0 Å². The number of unbranched alkanes of at least 4 members (excludes halogenated alkanes) is 2. The second kappa shape index (κ2) is 7.85. The number of nitrogens with zero attached hydrogens (tertiary/aromatic N) is 2. The second-order valence-corrected chi connectivity index (χ2v) is 7.09. The first kappa shape index (κ1) is 17.0. The Labute approximate surface area is 146 Å². The molecule has 1 aliphatic rings. The highest BCUT2D eigenvalue weighted by molar-refractivity contribution is 7.07. The molecule has 130 valence electrons. The maximum Gasteiger partial charge on any atom is 0.309 e. The predicted molar refractivity (Wildman–Crippen MR) is 95.9 cm³/mol. The summed E-state index contributed by atoms with van der Waals surface area (Å²) in [7, 11) is 2.10. The molecular weight excluding hydrogens is 324 g/mol. The van der Waals surface area contributed by atoms with Crippen molar-refractivity contribution in [2.24, 2.45) is 0 Å². The molecule has 6 heteroatoms. The Balaban J connectivity index is 1.39. The molecule has 0 radical (unpaired) electrons. The van der Waals surface area contributed by atoms with Crippen molar-refractivity contribution in [3.05, 3.63) is 44.9 Å². The Morgan fingerprint density at radius 1 is 1.33 bits per heavy atom. The zero-order valence-corrected chi connectivity index (χ0v) is 14.8. The van der Waals surface area contributed by atoms with E-state index in [1.807, 2.05) is 12.1 Å². The SMILES string of the molecule is CN(CCCCCn1c(O)csc1=O)C1CCc2ccccc2O1. The van der Waals surface area contributed by atoms with Gasteiger partial charge in [-0.2, -0.15) is 0 Å². The number of hydrogen-bond acceptors (Lipinski definition) is 5. The molecule has 0 aliphatic carbocycles. The van der Waals surface area contributed by atoms with Gasteiger partial charge in [0.15, 0.2) is 6.23 Å². The van der Waals surface area contributed by atoms with Gasteiger partial charge >= 0.3 is 4.87 Å². The Kier molecular flexibility index (Phi) is 5.58. The molecule has 1 aliphatic heterocycles. The normalized spacial score (nSPS) is 16.8. The van der Waals surface area contributed by atoms with Crippen LogP contribution in [0.3, 0.4) is 0 Å². The minimum atomic E-state index is -0.0844. The number of aryl methyl sites for hydroxylation is 1. The van der Waals surface area contributed by atoms with Crippen molar-refractivity contribution >= 4 is 11.3 Å². The third kappa shape index (κ3) is 3.99. The summed E-state index contributed by atoms with van der Waals surface area (Å²) in [6.07, 6.45) is 5.19. The molecule has 1 N–H and O–H groups in total. The molecular formula is C18H24N2O3S. The number of benzene rings is 1. The summed E-state index contributed by atoms with van der Waals surface area (Å²) in [6, 6.07) is 8.25. The minimum absolute atomic E-state index is 0.0800. The number of hydrogen-bond donors (Lipinski definition) is 1. The van der Waals surface area contributed by atoms with E-state index < -0.39 is 0 Å². The minimum Gasteiger partial charge on any atom is -0.494 e. The van der Waals surface area contributed by atoms with Crippen LogP contribution in [0.1, 0.15) is 31.2 Å². The van der Waals surface area contributed by atoms with E-state index in [1.165, 1.54) is 15.5 Å². The lowest BCUT2D eigenvalue weighted by Gasteiger charge is -2.32. The number of fused-ring (bicyclic) bond motifs is 1. The molecule has 5 nitrogen and oxygen atoms in total. The summed E-state index contributed by atoms with van der Waals surface area (Å²) >= 11 is 1.05. The molecule has 0 saturated carbocycles. The van der Waals surface area contributed by atoms with Crippen molar-refractivity contribution < 1.29 is 9.84 Å². The van der Waals surface area contributed by atoms with Gasteiger partial charge in [-0.1, -0.05) is 36.0 Å². The summed E-state index contributed by atoms with van der Waals surface area (Å²) in [5, 5.41) is 11.1. The smallest absolute Gasteiger partial charge is 0.309 e. The molecule has 1 atom stereocenters. The Morgan fingerprint density at radius 2 is 2.17 bits per heavy atom. The van der Waals surface area contributed by atoms with Crippen LogP contribution in [0, 0.1) is 0 Å². The number of thiazole rings is 1. The third-order valence-electron chi connectivity index (χ3n) is 4.54. The molecule has 0 saturated heterocycles. The van der Waals surface area contributed by atoms with Crippen LogP contribution in [0.15, 0.2) is 34.4 Å². The Hall–Kier alpha value is -1.79. The van der Waals surface area contributed by atoms with Crippen molar-refractivity contribution in [2.45, 2.75) is 44.9 Å². The van der Waals surface area contributed by atoms with Crippen LogP contribution in [0.25, 0.3) is 0 Å². The Bertz CT molecular complexity index is 725. The van der Waals surface area contributed by atoms with Crippen LogP contribution in [0.2, 0.25) is 0 Å². The fourth-order valence-electron chi connectivity index (χ4n) is 3.10. The van der Waals surface area contributed by atoms with Crippen molar-refractivity contribution in [3.8, 4) is 11.6 Å². The zero-order valence-electron chi connectivity index (χ0n) is 14.0. The van der Waals surface area contributed by atoms with Gasteiger partial charge in [-0.15, -0.1) is 0 Å². The lowest BCUT2D eigenvalue weighted by Crippen LogP contribution is -2.39. The van der Waals surface area contributed by atoms with E-state index >= 15 is 0 Å². The van der Waals surface area contributed by atoms with Gasteiger partial charge in [0.05, 0.1) is 5.38 Å². The van der Waals surface area contributed by atoms with Crippen molar-refractivity contribution in [1.82, 2.24) is 9.47 Å². The highest BCUT2D eigenvalue weighted by Crippen LogP contribution is 2.28. The molecule has 0 bridgehead atoms. The fraction of sp³-hybridized carbons (Fsp3) is 0.500. The van der Waals surface area contributed by atoms with Crippen LogP contribution in [0.4, 0.5) is 0 Å². The fourth-order valence-corrected chi connectivity index (χ4v) is 3.75. The molecule has 24 heavy (non-hydrogen) atoms. The van der Waals surface area contributed by atoms with Crippen LogP contribution >= 0.6 is 11.3 Å². The molecule has 1 aromatic heterocycles. The molecule has 3 rings (SSSR count). The lowest BCUT2D eigenvalue weighted by atomic mass is 10.0. The molecule has 0 amide bonds. The van der Waals surface area contributed by atoms with Crippen LogP contribution in [0.5, 0.6) is 11.6 Å².